The van der Waals surface area contributed by atoms with Gasteiger partial charge in [0.1, 0.15) is 5.75 Å². The maximum atomic E-state index is 12.5. The van der Waals surface area contributed by atoms with Crippen molar-refractivity contribution >= 4 is 11.5 Å². The molecule has 0 bridgehead atoms. The Morgan fingerprint density at radius 1 is 1.05 bits per heavy atom. The van der Waals surface area contributed by atoms with Crippen LogP contribution in [0.15, 0.2) is 42.5 Å². The van der Waals surface area contributed by atoms with Crippen molar-refractivity contribution in [3.63, 3.8) is 0 Å². The number of nitrogens with zero attached hydrogens (tertiary/aromatic N) is 1. The van der Waals surface area contributed by atoms with Gasteiger partial charge >= 0.3 is 0 Å². The van der Waals surface area contributed by atoms with Crippen LogP contribution in [0.4, 0.5) is 5.69 Å². The van der Waals surface area contributed by atoms with E-state index < -0.39 is 0 Å². The number of hydrogen-bond acceptors (Lipinski definition) is 3. The SMILES string of the molecule is COc1ccc(C(=O)c2ccc(N(C)C)cc2)c(C)c1. The fourth-order valence-electron chi connectivity index (χ4n) is 2.08. The first-order chi connectivity index (χ1) is 9.52. The molecule has 0 spiro atoms. The number of ketones is 1. The second-order valence-corrected chi connectivity index (χ2v) is 4.95. The zero-order valence-corrected chi connectivity index (χ0v) is 12.3. The van der Waals surface area contributed by atoms with Gasteiger partial charge < -0.3 is 9.64 Å². The lowest BCUT2D eigenvalue weighted by Gasteiger charge is -2.13. The number of aryl methyl sites for hydroxylation is 1. The van der Waals surface area contributed by atoms with Crippen LogP contribution < -0.4 is 9.64 Å². The molecule has 104 valence electrons. The highest BCUT2D eigenvalue weighted by molar-refractivity contribution is 6.10. The molecule has 2 rings (SSSR count). The van der Waals surface area contributed by atoms with Crippen LogP contribution >= 0.6 is 0 Å². The van der Waals surface area contributed by atoms with E-state index in [1.807, 2.05) is 68.4 Å². The Hall–Kier alpha value is -2.29. The number of benzene rings is 2. The maximum absolute atomic E-state index is 12.5. The summed E-state index contributed by atoms with van der Waals surface area (Å²) in [7, 11) is 5.57. The standard InChI is InChI=1S/C17H19NO2/c1-12-11-15(20-4)9-10-16(12)17(19)13-5-7-14(8-6-13)18(2)3/h5-11H,1-4H3. The van der Waals surface area contributed by atoms with E-state index in [2.05, 4.69) is 0 Å². The Morgan fingerprint density at radius 3 is 2.20 bits per heavy atom. The molecule has 0 aliphatic rings. The van der Waals surface area contributed by atoms with Crippen molar-refractivity contribution in [2.45, 2.75) is 6.92 Å². The molecule has 0 radical (unpaired) electrons. The van der Waals surface area contributed by atoms with Gasteiger partial charge in [0, 0.05) is 30.9 Å². The van der Waals surface area contributed by atoms with Crippen LogP contribution in [-0.2, 0) is 0 Å². The molecule has 0 saturated carbocycles. The second kappa shape index (κ2) is 5.78. The molecule has 0 amide bonds. The maximum Gasteiger partial charge on any atom is 0.193 e. The third kappa shape index (κ3) is 2.82. The molecule has 2 aromatic carbocycles. The number of carbonyl (C=O) groups is 1. The molecule has 3 nitrogen and oxygen atoms in total. The highest BCUT2D eigenvalue weighted by Gasteiger charge is 2.12. The third-order valence-electron chi connectivity index (χ3n) is 3.32. The highest BCUT2D eigenvalue weighted by atomic mass is 16.5. The van der Waals surface area contributed by atoms with Gasteiger partial charge in [0.2, 0.25) is 0 Å². The van der Waals surface area contributed by atoms with Crippen LogP contribution in [0, 0.1) is 6.92 Å². The molecule has 20 heavy (non-hydrogen) atoms. The van der Waals surface area contributed by atoms with E-state index in [0.29, 0.717) is 11.1 Å². The molecule has 0 atom stereocenters. The van der Waals surface area contributed by atoms with E-state index in [0.717, 1.165) is 17.0 Å². The van der Waals surface area contributed by atoms with E-state index in [1.54, 1.807) is 7.11 Å². The molecule has 0 N–H and O–H groups in total. The van der Waals surface area contributed by atoms with Crippen molar-refractivity contribution in [2.24, 2.45) is 0 Å². The monoisotopic (exact) mass is 269 g/mol. The quantitative estimate of drug-likeness (QED) is 0.798. The molecule has 0 aliphatic heterocycles. The van der Waals surface area contributed by atoms with Crippen LogP contribution in [0.5, 0.6) is 5.75 Å². The van der Waals surface area contributed by atoms with E-state index >= 15 is 0 Å². The lowest BCUT2D eigenvalue weighted by atomic mass is 9.98. The minimum atomic E-state index is 0.0375. The minimum absolute atomic E-state index is 0.0375. The van der Waals surface area contributed by atoms with Gasteiger partial charge in [-0.15, -0.1) is 0 Å². The van der Waals surface area contributed by atoms with Gasteiger partial charge in [-0.05, 0) is 55.0 Å². The number of carbonyl (C=O) groups excluding carboxylic acids is 1. The van der Waals surface area contributed by atoms with Gasteiger partial charge in [-0.3, -0.25) is 4.79 Å². The highest BCUT2D eigenvalue weighted by Crippen LogP contribution is 2.21. The lowest BCUT2D eigenvalue weighted by Crippen LogP contribution is -2.09. The van der Waals surface area contributed by atoms with Crippen molar-refractivity contribution in [2.75, 3.05) is 26.1 Å². The van der Waals surface area contributed by atoms with Gasteiger partial charge in [-0.1, -0.05) is 0 Å². The molecule has 0 aliphatic carbocycles. The van der Waals surface area contributed by atoms with E-state index in [-0.39, 0.29) is 5.78 Å². The van der Waals surface area contributed by atoms with E-state index in [4.69, 9.17) is 4.74 Å². The number of rotatable bonds is 4. The molecule has 0 fully saturated rings. The van der Waals surface area contributed by atoms with Gasteiger partial charge in [0.05, 0.1) is 7.11 Å². The van der Waals surface area contributed by atoms with Crippen LogP contribution in [0.3, 0.4) is 0 Å². The smallest absolute Gasteiger partial charge is 0.193 e. The first-order valence-corrected chi connectivity index (χ1v) is 6.49. The fraction of sp³-hybridized carbons (Fsp3) is 0.235. The van der Waals surface area contributed by atoms with Crippen LogP contribution in [0.2, 0.25) is 0 Å². The third-order valence-corrected chi connectivity index (χ3v) is 3.32. The number of hydrogen-bond donors (Lipinski definition) is 0. The number of anilines is 1. The topological polar surface area (TPSA) is 29.5 Å². The predicted molar refractivity (Wildman–Crippen MR) is 81.9 cm³/mol. The lowest BCUT2D eigenvalue weighted by molar-refractivity contribution is 0.103. The van der Waals surface area contributed by atoms with Crippen molar-refractivity contribution in [1.82, 2.24) is 0 Å². The van der Waals surface area contributed by atoms with Crippen molar-refractivity contribution in [1.29, 1.82) is 0 Å². The molecule has 0 heterocycles. The Labute approximate surface area is 119 Å². The molecule has 0 saturated heterocycles. The molecule has 3 heteroatoms. The first-order valence-electron chi connectivity index (χ1n) is 6.49. The Balaban J connectivity index is 2.31. The van der Waals surface area contributed by atoms with Gasteiger partial charge in [0.15, 0.2) is 5.78 Å². The Kier molecular flexibility index (Phi) is 4.08. The molecule has 2 aromatic rings. The summed E-state index contributed by atoms with van der Waals surface area (Å²) in [4.78, 5) is 14.5. The molecular formula is C17H19NO2. The minimum Gasteiger partial charge on any atom is -0.497 e. The molecular weight excluding hydrogens is 250 g/mol. The van der Waals surface area contributed by atoms with Crippen molar-refractivity contribution in [3.8, 4) is 5.75 Å². The van der Waals surface area contributed by atoms with Gasteiger partial charge in [-0.25, -0.2) is 0 Å². The van der Waals surface area contributed by atoms with Gasteiger partial charge in [0.25, 0.3) is 0 Å². The normalized spacial score (nSPS) is 10.2. The Morgan fingerprint density at radius 2 is 1.70 bits per heavy atom. The average Bonchev–Trinajstić information content (AvgIpc) is 2.46. The van der Waals surface area contributed by atoms with Gasteiger partial charge in [-0.2, -0.15) is 0 Å². The number of ether oxygens (including phenoxy) is 1. The zero-order valence-electron chi connectivity index (χ0n) is 12.3. The zero-order chi connectivity index (χ0) is 14.7. The predicted octanol–water partition coefficient (Wildman–Crippen LogP) is 3.30. The largest absolute Gasteiger partial charge is 0.497 e. The van der Waals surface area contributed by atoms with Crippen LogP contribution in [0.1, 0.15) is 21.5 Å². The average molecular weight is 269 g/mol. The Bertz CT molecular complexity index is 615. The summed E-state index contributed by atoms with van der Waals surface area (Å²) in [6, 6.07) is 13.1. The van der Waals surface area contributed by atoms with E-state index in [1.165, 1.54) is 0 Å². The summed E-state index contributed by atoms with van der Waals surface area (Å²) < 4.78 is 5.16. The fourth-order valence-corrected chi connectivity index (χ4v) is 2.08. The van der Waals surface area contributed by atoms with Crippen molar-refractivity contribution in [3.05, 3.63) is 59.2 Å². The van der Waals surface area contributed by atoms with Crippen molar-refractivity contribution < 1.29 is 9.53 Å². The van der Waals surface area contributed by atoms with Crippen LogP contribution in [-0.4, -0.2) is 27.0 Å². The summed E-state index contributed by atoms with van der Waals surface area (Å²) in [5.74, 6) is 0.803. The summed E-state index contributed by atoms with van der Waals surface area (Å²) >= 11 is 0. The second-order valence-electron chi connectivity index (χ2n) is 4.95. The van der Waals surface area contributed by atoms with Crippen LogP contribution in [0.25, 0.3) is 0 Å². The summed E-state index contributed by atoms with van der Waals surface area (Å²) in [5, 5.41) is 0. The molecule has 0 aromatic heterocycles. The molecule has 0 unspecified atom stereocenters. The summed E-state index contributed by atoms with van der Waals surface area (Å²) in [6.07, 6.45) is 0. The summed E-state index contributed by atoms with van der Waals surface area (Å²) in [5.41, 5.74) is 3.41. The number of methoxy groups -OCH3 is 1. The first kappa shape index (κ1) is 14.1. The summed E-state index contributed by atoms with van der Waals surface area (Å²) in [6.45, 7) is 1.92. The van der Waals surface area contributed by atoms with E-state index in [9.17, 15) is 4.79 Å².